The number of ether oxygens (including phenoxy) is 2. The number of aromatic carboxylic acids is 1. The fourth-order valence-corrected chi connectivity index (χ4v) is 5.62. The first-order chi connectivity index (χ1) is 20.3. The van der Waals surface area contributed by atoms with Gasteiger partial charge in [-0.3, -0.25) is 9.69 Å². The third-order valence-electron chi connectivity index (χ3n) is 8.20. The average Bonchev–Trinajstić information content (AvgIpc) is 3.30. The second kappa shape index (κ2) is 12.0. The fourth-order valence-electron chi connectivity index (χ4n) is 5.62. The van der Waals surface area contributed by atoms with Gasteiger partial charge in [-0.1, -0.05) is 18.2 Å². The summed E-state index contributed by atoms with van der Waals surface area (Å²) in [5.41, 5.74) is 3.52. The first-order valence-corrected chi connectivity index (χ1v) is 14.3. The lowest BCUT2D eigenvalue weighted by Crippen LogP contribution is -2.35. The highest BCUT2D eigenvalue weighted by Crippen LogP contribution is 2.30. The summed E-state index contributed by atoms with van der Waals surface area (Å²) in [5, 5.41) is 9.50. The van der Waals surface area contributed by atoms with Crippen LogP contribution in [0, 0.1) is 5.82 Å². The maximum Gasteiger partial charge on any atom is 0.335 e. The Hall–Kier alpha value is -4.15. The molecule has 9 nitrogen and oxygen atoms in total. The number of hydrogen-bond donors (Lipinski definition) is 1. The van der Waals surface area contributed by atoms with Crippen LogP contribution in [0.15, 0.2) is 54.6 Å². The van der Waals surface area contributed by atoms with Gasteiger partial charge in [0.1, 0.15) is 18.2 Å². The van der Waals surface area contributed by atoms with Crippen molar-refractivity contribution in [3.8, 4) is 5.88 Å². The van der Waals surface area contributed by atoms with Crippen molar-refractivity contribution in [2.45, 2.75) is 57.9 Å². The summed E-state index contributed by atoms with van der Waals surface area (Å²) in [6, 6.07) is 15.2. The Balaban J connectivity index is 1.09. The number of carbonyl (C=O) groups is 2. The van der Waals surface area contributed by atoms with Gasteiger partial charge in [0.25, 0.3) is 0 Å². The molecule has 42 heavy (non-hydrogen) atoms. The van der Waals surface area contributed by atoms with Crippen LogP contribution >= 0.6 is 0 Å². The van der Waals surface area contributed by atoms with E-state index < -0.39 is 11.8 Å². The summed E-state index contributed by atoms with van der Waals surface area (Å²) < 4.78 is 28.0. The maximum atomic E-state index is 14.4. The second-order valence-electron chi connectivity index (χ2n) is 11.0. The molecule has 2 aromatic heterocycles. The minimum absolute atomic E-state index is 0.0276. The summed E-state index contributed by atoms with van der Waals surface area (Å²) in [5.74, 6) is 0.0278. The van der Waals surface area contributed by atoms with E-state index in [4.69, 9.17) is 19.4 Å². The van der Waals surface area contributed by atoms with Gasteiger partial charge >= 0.3 is 5.97 Å². The fraction of sp³-hybridized carbons (Fsp3) is 0.375. The number of aromatic nitrogens is 3. The van der Waals surface area contributed by atoms with E-state index in [1.165, 1.54) is 13.0 Å². The zero-order valence-electron chi connectivity index (χ0n) is 23.5. The molecular formula is C32H33FN4O5. The monoisotopic (exact) mass is 572 g/mol. The van der Waals surface area contributed by atoms with Crippen molar-refractivity contribution in [1.29, 1.82) is 0 Å². The number of halogens is 1. The molecule has 2 aliphatic rings. The van der Waals surface area contributed by atoms with E-state index in [0.717, 1.165) is 61.5 Å². The van der Waals surface area contributed by atoms with Crippen LogP contribution in [-0.2, 0) is 24.4 Å². The Morgan fingerprint density at radius 1 is 1.05 bits per heavy atom. The number of hydrogen-bond acceptors (Lipinski definition) is 7. The topological polar surface area (TPSA) is 107 Å². The van der Waals surface area contributed by atoms with Crippen LogP contribution in [0.3, 0.4) is 0 Å². The molecule has 0 radical (unpaired) electrons. The maximum absolute atomic E-state index is 14.4. The van der Waals surface area contributed by atoms with Crippen molar-refractivity contribution in [2.24, 2.45) is 0 Å². The van der Waals surface area contributed by atoms with E-state index in [-0.39, 0.29) is 30.0 Å². The van der Waals surface area contributed by atoms with Gasteiger partial charge in [0, 0.05) is 35.4 Å². The molecule has 10 heteroatoms. The predicted octanol–water partition coefficient (Wildman–Crippen LogP) is 5.22. The number of imidazole rings is 1. The minimum atomic E-state index is -0.952. The molecule has 0 amide bonds. The Kier molecular flexibility index (Phi) is 7.99. The third-order valence-corrected chi connectivity index (χ3v) is 8.20. The smallest absolute Gasteiger partial charge is 0.335 e. The number of carboxylic acids is 1. The van der Waals surface area contributed by atoms with Crippen LogP contribution in [0.25, 0.3) is 11.0 Å². The highest BCUT2D eigenvalue weighted by molar-refractivity contribution is 5.94. The van der Waals surface area contributed by atoms with E-state index in [9.17, 15) is 19.1 Å². The number of benzene rings is 2. The van der Waals surface area contributed by atoms with Gasteiger partial charge in [0.2, 0.25) is 5.88 Å². The number of pyridine rings is 1. The molecule has 218 valence electrons. The highest BCUT2D eigenvalue weighted by Gasteiger charge is 2.26. The van der Waals surface area contributed by atoms with Crippen molar-refractivity contribution < 1.29 is 28.6 Å². The number of carbonyl (C=O) groups excluding carboxylic acids is 1. The molecule has 2 aliphatic heterocycles. The Morgan fingerprint density at radius 2 is 1.83 bits per heavy atom. The zero-order chi connectivity index (χ0) is 29.2. The van der Waals surface area contributed by atoms with E-state index in [1.54, 1.807) is 36.4 Å². The average molecular weight is 573 g/mol. The molecule has 6 rings (SSSR count). The van der Waals surface area contributed by atoms with Crippen molar-refractivity contribution in [1.82, 2.24) is 19.4 Å². The van der Waals surface area contributed by atoms with Gasteiger partial charge in [-0.2, -0.15) is 0 Å². The van der Waals surface area contributed by atoms with E-state index in [1.807, 2.05) is 12.1 Å². The van der Waals surface area contributed by atoms with E-state index >= 15 is 0 Å². The highest BCUT2D eigenvalue weighted by atomic mass is 19.1. The normalized spacial score (nSPS) is 17.7. The SMILES string of the molecule is CC(=O)c1ccc(COc2cccc(C3CCN(Cc4nc5ccc(C(=O)O)cc5n4CC4CCO4)CC3)n2)c(F)c1. The van der Waals surface area contributed by atoms with Crippen molar-refractivity contribution in [3.63, 3.8) is 0 Å². The van der Waals surface area contributed by atoms with Crippen LogP contribution in [0.5, 0.6) is 5.88 Å². The molecule has 1 atom stereocenters. The van der Waals surface area contributed by atoms with E-state index in [0.29, 0.717) is 30.1 Å². The second-order valence-corrected chi connectivity index (χ2v) is 11.0. The Morgan fingerprint density at radius 3 is 2.52 bits per heavy atom. The van der Waals surface area contributed by atoms with Crippen LogP contribution in [-0.4, -0.2) is 62.1 Å². The standard InChI is InChI=1S/C32H33FN4O5/c1-20(38)22-5-6-24(26(33)15-22)19-42-31-4-2-3-27(35-31)21-9-12-36(13-10-21)18-30-34-28-8-7-23(32(39)40)16-29(28)37(30)17-25-11-14-41-25/h2-8,15-16,21,25H,9-14,17-19H2,1H3,(H,39,40). The lowest BCUT2D eigenvalue weighted by Gasteiger charge is -2.32. The van der Waals surface area contributed by atoms with Gasteiger partial charge < -0.3 is 19.1 Å². The lowest BCUT2D eigenvalue weighted by atomic mass is 9.93. The molecular weight excluding hydrogens is 539 g/mol. The van der Waals surface area contributed by atoms with Crippen LogP contribution in [0.1, 0.15) is 69.9 Å². The summed E-state index contributed by atoms with van der Waals surface area (Å²) in [4.78, 5) is 35.0. The van der Waals surface area contributed by atoms with Crippen molar-refractivity contribution >= 4 is 22.8 Å². The van der Waals surface area contributed by atoms with Gasteiger partial charge in [-0.25, -0.2) is 19.2 Å². The molecule has 1 unspecified atom stereocenters. The van der Waals surface area contributed by atoms with Gasteiger partial charge in [-0.15, -0.1) is 0 Å². The Labute approximate surface area is 242 Å². The molecule has 4 heterocycles. The number of carboxylic acid groups (broad SMARTS) is 1. The minimum Gasteiger partial charge on any atom is -0.478 e. The first-order valence-electron chi connectivity index (χ1n) is 14.3. The molecule has 1 N–H and O–H groups in total. The lowest BCUT2D eigenvalue weighted by molar-refractivity contribution is -0.0592. The van der Waals surface area contributed by atoms with Crippen molar-refractivity contribution in [3.05, 3.63) is 88.6 Å². The van der Waals surface area contributed by atoms with Crippen LogP contribution < -0.4 is 4.74 Å². The van der Waals surface area contributed by atoms with Gasteiger partial charge in [0.15, 0.2) is 5.78 Å². The summed E-state index contributed by atoms with van der Waals surface area (Å²) in [6.45, 7) is 5.26. The molecule has 2 aromatic carbocycles. The van der Waals surface area contributed by atoms with Crippen LogP contribution in [0.4, 0.5) is 4.39 Å². The summed E-state index contributed by atoms with van der Waals surface area (Å²) in [6.07, 6.45) is 2.96. The summed E-state index contributed by atoms with van der Waals surface area (Å²) >= 11 is 0. The largest absolute Gasteiger partial charge is 0.478 e. The molecule has 0 saturated carbocycles. The molecule has 2 saturated heterocycles. The number of ketones is 1. The quantitative estimate of drug-likeness (QED) is 0.258. The number of rotatable bonds is 10. The number of fused-ring (bicyclic) bond motifs is 1. The third kappa shape index (κ3) is 6.05. The van der Waals surface area contributed by atoms with Gasteiger partial charge in [-0.05, 0) is 69.6 Å². The molecule has 2 fully saturated rings. The van der Waals surface area contributed by atoms with Gasteiger partial charge in [0.05, 0.1) is 35.8 Å². The molecule has 0 aliphatic carbocycles. The number of likely N-dealkylation sites (tertiary alicyclic amines) is 1. The molecule has 4 aromatic rings. The number of piperidine rings is 1. The zero-order valence-corrected chi connectivity index (χ0v) is 23.5. The molecule has 0 bridgehead atoms. The van der Waals surface area contributed by atoms with Crippen molar-refractivity contribution in [2.75, 3.05) is 19.7 Å². The van der Waals surface area contributed by atoms with Crippen LogP contribution in [0.2, 0.25) is 0 Å². The summed E-state index contributed by atoms with van der Waals surface area (Å²) in [7, 11) is 0. The Bertz CT molecular complexity index is 1620. The number of Topliss-reactive ketones (excluding diaryl/α,β-unsaturated/α-hetero) is 1. The molecule has 0 spiro atoms. The number of nitrogens with zero attached hydrogens (tertiary/aromatic N) is 4. The predicted molar refractivity (Wildman–Crippen MR) is 153 cm³/mol. The first kappa shape index (κ1) is 28.0. The van der Waals surface area contributed by atoms with E-state index in [2.05, 4.69) is 9.47 Å².